The molecule has 0 fully saturated rings. The molecule has 0 aromatic heterocycles. The molecule has 0 saturated heterocycles. The van der Waals surface area contributed by atoms with E-state index < -0.39 is 26.4 Å². The fraction of sp³-hybridized carbons (Fsp3) is 0.278. The van der Waals surface area contributed by atoms with Crippen molar-refractivity contribution in [2.45, 2.75) is 24.7 Å². The van der Waals surface area contributed by atoms with Gasteiger partial charge < -0.3 is 10.0 Å². The highest BCUT2D eigenvalue weighted by atomic mass is 32.2. The summed E-state index contributed by atoms with van der Waals surface area (Å²) in [6.45, 7) is 2.66. The highest BCUT2D eigenvalue weighted by Gasteiger charge is 2.21. The summed E-state index contributed by atoms with van der Waals surface area (Å²) in [6.07, 6.45) is 1.85. The van der Waals surface area contributed by atoms with Crippen LogP contribution in [0.3, 0.4) is 0 Å². The number of sulfonamides is 1. The van der Waals surface area contributed by atoms with Crippen LogP contribution < -0.4 is 4.72 Å². The summed E-state index contributed by atoms with van der Waals surface area (Å²) >= 11 is 0. The highest BCUT2D eigenvalue weighted by Crippen LogP contribution is 2.29. The second-order valence-electron chi connectivity index (χ2n) is 6.17. The second kappa shape index (κ2) is 8.70. The molecule has 9 nitrogen and oxygen atoms in total. The molecular weight excluding hydrogens is 386 g/mol. The monoisotopic (exact) mass is 407 g/mol. The maximum atomic E-state index is 12.4. The van der Waals surface area contributed by atoms with E-state index in [0.29, 0.717) is 12.1 Å². The number of hydrogen-bond acceptors (Lipinski definition) is 6. The lowest BCUT2D eigenvalue weighted by molar-refractivity contribution is -0.386. The fourth-order valence-corrected chi connectivity index (χ4v) is 3.51. The van der Waals surface area contributed by atoms with Gasteiger partial charge in [0.25, 0.3) is 15.9 Å². The van der Waals surface area contributed by atoms with Gasteiger partial charge in [-0.25, -0.2) is 8.42 Å². The van der Waals surface area contributed by atoms with Crippen molar-refractivity contribution in [3.05, 3.63) is 58.1 Å². The molecule has 28 heavy (non-hydrogen) atoms. The summed E-state index contributed by atoms with van der Waals surface area (Å²) in [5.74, 6) is -0.795. The van der Waals surface area contributed by atoms with Crippen LogP contribution in [0, 0.1) is 10.1 Å². The minimum Gasteiger partial charge on any atom is -0.502 e. The number of phenols is 1. The molecule has 2 rings (SSSR count). The Morgan fingerprint density at radius 3 is 2.43 bits per heavy atom. The van der Waals surface area contributed by atoms with E-state index in [0.717, 1.165) is 31.0 Å². The van der Waals surface area contributed by atoms with Gasteiger partial charge in [-0.1, -0.05) is 13.3 Å². The number of aromatic hydroxyl groups is 1. The van der Waals surface area contributed by atoms with E-state index in [1.165, 1.54) is 24.3 Å². The number of unbranched alkanes of at least 4 members (excludes halogenated alkanes) is 1. The number of nitro groups is 1. The summed E-state index contributed by atoms with van der Waals surface area (Å²) in [7, 11) is -2.41. The Morgan fingerprint density at radius 2 is 1.86 bits per heavy atom. The van der Waals surface area contributed by atoms with Crippen LogP contribution >= 0.6 is 0 Å². The topological polar surface area (TPSA) is 130 Å². The molecule has 10 heteroatoms. The van der Waals surface area contributed by atoms with Gasteiger partial charge in [0.1, 0.15) is 0 Å². The van der Waals surface area contributed by atoms with Crippen LogP contribution in [0.4, 0.5) is 11.4 Å². The minimum absolute atomic E-state index is 0.169. The van der Waals surface area contributed by atoms with Crippen LogP contribution in [-0.4, -0.2) is 42.8 Å². The molecule has 0 unspecified atom stereocenters. The van der Waals surface area contributed by atoms with Crippen molar-refractivity contribution < 1.29 is 23.2 Å². The van der Waals surface area contributed by atoms with E-state index in [9.17, 15) is 28.4 Å². The Balaban J connectivity index is 2.18. The molecule has 0 atom stereocenters. The van der Waals surface area contributed by atoms with Crippen molar-refractivity contribution in [3.63, 3.8) is 0 Å². The predicted molar refractivity (Wildman–Crippen MR) is 104 cm³/mol. The Kier molecular flexibility index (Phi) is 6.57. The smallest absolute Gasteiger partial charge is 0.312 e. The first-order valence-corrected chi connectivity index (χ1v) is 9.99. The molecule has 0 saturated carbocycles. The lowest BCUT2D eigenvalue weighted by Gasteiger charge is -2.17. The van der Waals surface area contributed by atoms with E-state index in [4.69, 9.17) is 0 Å². The number of amides is 1. The second-order valence-corrected chi connectivity index (χ2v) is 7.85. The predicted octanol–water partition coefficient (Wildman–Crippen LogP) is 2.97. The average molecular weight is 407 g/mol. The molecule has 1 amide bonds. The zero-order chi connectivity index (χ0) is 20.9. The number of nitrogens with one attached hydrogen (secondary N) is 1. The largest absolute Gasteiger partial charge is 0.502 e. The third kappa shape index (κ3) is 4.97. The number of carbonyl (C=O) groups is 1. The summed E-state index contributed by atoms with van der Waals surface area (Å²) < 4.78 is 27.2. The minimum atomic E-state index is -4.11. The first-order chi connectivity index (χ1) is 13.2. The zero-order valence-electron chi connectivity index (χ0n) is 15.5. The quantitative estimate of drug-likeness (QED) is 0.511. The SMILES string of the molecule is CCCCN(C)C(=O)c1ccc(NS(=O)(=O)c2ccc(O)c([N+](=O)[O-])c2)cc1. The molecule has 0 aliphatic carbocycles. The van der Waals surface area contributed by atoms with Gasteiger partial charge >= 0.3 is 5.69 Å². The van der Waals surface area contributed by atoms with Crippen LogP contribution in [0.1, 0.15) is 30.1 Å². The molecule has 0 bridgehead atoms. The van der Waals surface area contributed by atoms with E-state index in [1.807, 2.05) is 6.92 Å². The zero-order valence-corrected chi connectivity index (χ0v) is 16.3. The van der Waals surface area contributed by atoms with Crippen molar-refractivity contribution in [3.8, 4) is 5.75 Å². The average Bonchev–Trinajstić information content (AvgIpc) is 2.65. The van der Waals surface area contributed by atoms with E-state index in [2.05, 4.69) is 4.72 Å². The van der Waals surface area contributed by atoms with Gasteiger partial charge in [-0.2, -0.15) is 0 Å². The number of benzene rings is 2. The van der Waals surface area contributed by atoms with Gasteiger partial charge in [0.05, 0.1) is 9.82 Å². The van der Waals surface area contributed by atoms with Gasteiger partial charge in [0.2, 0.25) is 0 Å². The van der Waals surface area contributed by atoms with Crippen LogP contribution in [0.2, 0.25) is 0 Å². The molecular formula is C18H21N3O6S. The fourth-order valence-electron chi connectivity index (χ4n) is 2.43. The van der Waals surface area contributed by atoms with Crippen molar-refractivity contribution in [1.82, 2.24) is 4.90 Å². The molecule has 0 spiro atoms. The number of anilines is 1. The first kappa shape index (κ1) is 21.2. The summed E-state index contributed by atoms with van der Waals surface area (Å²) in [6, 6.07) is 8.66. The lowest BCUT2D eigenvalue weighted by atomic mass is 10.2. The molecule has 2 N–H and O–H groups in total. The van der Waals surface area contributed by atoms with E-state index >= 15 is 0 Å². The summed E-state index contributed by atoms with van der Waals surface area (Å²) in [5, 5.41) is 20.3. The normalized spacial score (nSPS) is 11.1. The third-order valence-corrected chi connectivity index (χ3v) is 5.41. The van der Waals surface area contributed by atoms with E-state index in [-0.39, 0.29) is 16.5 Å². The lowest BCUT2D eigenvalue weighted by Crippen LogP contribution is -2.27. The Morgan fingerprint density at radius 1 is 1.21 bits per heavy atom. The Hall–Kier alpha value is -3.14. The number of phenolic OH excluding ortho intramolecular Hbond substituents is 1. The third-order valence-electron chi connectivity index (χ3n) is 4.03. The van der Waals surface area contributed by atoms with Crippen LogP contribution in [0.25, 0.3) is 0 Å². The van der Waals surface area contributed by atoms with Gasteiger partial charge in [-0.05, 0) is 42.8 Å². The first-order valence-electron chi connectivity index (χ1n) is 8.51. The number of carbonyl (C=O) groups excluding carboxylic acids is 1. The van der Waals surface area contributed by atoms with Crippen molar-refractivity contribution in [2.24, 2.45) is 0 Å². The number of nitrogens with zero attached hydrogens (tertiary/aromatic N) is 2. The maximum Gasteiger partial charge on any atom is 0.312 e. The van der Waals surface area contributed by atoms with Crippen LogP contribution in [0.15, 0.2) is 47.4 Å². The molecule has 2 aromatic rings. The molecule has 0 aliphatic rings. The van der Waals surface area contributed by atoms with Gasteiger partial charge in [-0.15, -0.1) is 0 Å². The van der Waals surface area contributed by atoms with Gasteiger partial charge in [-0.3, -0.25) is 19.6 Å². The Labute approximate surface area is 162 Å². The highest BCUT2D eigenvalue weighted by molar-refractivity contribution is 7.92. The van der Waals surface area contributed by atoms with Crippen LogP contribution in [0.5, 0.6) is 5.75 Å². The van der Waals surface area contributed by atoms with Crippen LogP contribution in [-0.2, 0) is 10.0 Å². The molecule has 0 aliphatic heterocycles. The maximum absolute atomic E-state index is 12.4. The van der Waals surface area contributed by atoms with Crippen molar-refractivity contribution in [1.29, 1.82) is 0 Å². The molecule has 0 radical (unpaired) electrons. The van der Waals surface area contributed by atoms with E-state index in [1.54, 1.807) is 11.9 Å². The number of hydrogen-bond donors (Lipinski definition) is 2. The summed E-state index contributed by atoms with van der Waals surface area (Å²) in [4.78, 5) is 23.5. The van der Waals surface area contributed by atoms with Gasteiger partial charge in [0.15, 0.2) is 5.75 Å². The number of nitro benzene ring substituents is 1. The molecule has 150 valence electrons. The standard InChI is InChI=1S/C18H21N3O6S/c1-3-4-11-20(2)18(23)13-5-7-14(8-6-13)19-28(26,27)15-9-10-17(22)16(12-15)21(24)25/h5-10,12,19,22H,3-4,11H2,1-2H3. The number of rotatable bonds is 8. The van der Waals surface area contributed by atoms with Crippen molar-refractivity contribution in [2.75, 3.05) is 18.3 Å². The molecule has 0 heterocycles. The Bertz CT molecular complexity index is 973. The summed E-state index contributed by atoms with van der Waals surface area (Å²) in [5.41, 5.74) is -0.0933. The van der Waals surface area contributed by atoms with Crippen molar-refractivity contribution >= 4 is 27.3 Å². The molecule has 2 aromatic carbocycles. The van der Waals surface area contributed by atoms with Gasteiger partial charge in [0, 0.05) is 30.9 Å².